The van der Waals surface area contributed by atoms with E-state index in [2.05, 4.69) is 9.87 Å². The Morgan fingerprint density at radius 2 is 1.09 bits per heavy atom. The Bertz CT molecular complexity index is 1890. The summed E-state index contributed by atoms with van der Waals surface area (Å²) in [5.74, 6) is -0.304. The van der Waals surface area contributed by atoms with Gasteiger partial charge in [0.15, 0.2) is 5.82 Å². The second-order valence-electron chi connectivity index (χ2n) is 11.7. The normalized spacial score (nSPS) is 13.0. The minimum Gasteiger partial charge on any atom is -0.251 e. The van der Waals surface area contributed by atoms with Crippen LogP contribution in [-0.2, 0) is 24.9 Å². The van der Waals surface area contributed by atoms with Crippen LogP contribution in [0.25, 0.3) is 28.3 Å². The van der Waals surface area contributed by atoms with E-state index in [0.717, 1.165) is 22.3 Å². The van der Waals surface area contributed by atoms with Crippen LogP contribution in [-0.4, -0.2) is 33.2 Å². The third kappa shape index (κ3) is 7.11. The molecule has 1 aromatic heterocycles. The number of rotatable bonds is 10. The molecule has 46 heavy (non-hydrogen) atoms. The predicted octanol–water partition coefficient (Wildman–Crippen LogP) is 7.92. The van der Waals surface area contributed by atoms with Crippen molar-refractivity contribution in [1.29, 1.82) is 0 Å². The molecule has 0 saturated carbocycles. The Morgan fingerprint density at radius 1 is 0.652 bits per heavy atom. The Hall–Kier alpha value is -4.61. The van der Waals surface area contributed by atoms with Crippen LogP contribution < -0.4 is 3.71 Å². The van der Waals surface area contributed by atoms with Crippen molar-refractivity contribution >= 4 is 31.9 Å². The molecule has 10 heteroatoms. The maximum Gasteiger partial charge on any atom is 0.279 e. The van der Waals surface area contributed by atoms with E-state index < -0.39 is 31.6 Å². The number of nitrogens with zero attached hydrogens (tertiary/aromatic N) is 2. The third-order valence-corrected chi connectivity index (χ3v) is 11.5. The molecule has 236 valence electrons. The smallest absolute Gasteiger partial charge is 0.251 e. The molecule has 0 bridgehead atoms. The van der Waals surface area contributed by atoms with E-state index in [-0.39, 0.29) is 15.6 Å². The van der Waals surface area contributed by atoms with E-state index in [9.17, 15) is 22.1 Å². The van der Waals surface area contributed by atoms with Gasteiger partial charge in [-0.2, -0.15) is 16.8 Å². The minimum absolute atomic E-state index is 0.212. The summed E-state index contributed by atoms with van der Waals surface area (Å²) >= 11 is 0. The highest BCUT2D eigenvalue weighted by atomic mass is 32.3. The molecular formula is C36H34N2O6S2. The lowest BCUT2D eigenvalue weighted by Gasteiger charge is -2.24. The van der Waals surface area contributed by atoms with Crippen molar-refractivity contribution in [3.05, 3.63) is 139 Å². The summed E-state index contributed by atoms with van der Waals surface area (Å²) in [6.45, 7) is 5.68. The molecule has 5 rings (SSSR count). The molecule has 0 amide bonds. The van der Waals surface area contributed by atoms with Crippen LogP contribution in [0.2, 0.25) is 0 Å². The van der Waals surface area contributed by atoms with Gasteiger partial charge in [0, 0.05) is 6.20 Å². The summed E-state index contributed by atoms with van der Waals surface area (Å²) in [4.78, 5) is 8.43. The Morgan fingerprint density at radius 3 is 1.46 bits per heavy atom. The van der Waals surface area contributed by atoms with E-state index in [1.54, 1.807) is 42.5 Å². The minimum atomic E-state index is -4.67. The first-order valence-corrected chi connectivity index (χ1v) is 17.4. The van der Waals surface area contributed by atoms with E-state index in [1.807, 2.05) is 81.4 Å². The second-order valence-corrected chi connectivity index (χ2v) is 15.5. The average Bonchev–Trinajstić information content (AvgIpc) is 3.06. The van der Waals surface area contributed by atoms with Gasteiger partial charge in [-0.1, -0.05) is 118 Å². The molecule has 0 aliphatic rings. The number of pyridine rings is 1. The molecule has 4 aromatic carbocycles. The standard InChI is InChI=1S/C36H34N2O6S2/c1-36(2,3)34(44-39)24-14-27-15-25-35(37-26-27)38(45(40,41)32-20-16-30(17-21-32)28-10-6-4-7-11-28)46(42,43)33-22-18-31(19-23-33)29-12-8-5-9-13-29/h4-26,34,39H,1-3H3/b24-14+. The van der Waals surface area contributed by atoms with E-state index in [1.165, 1.54) is 36.5 Å². The average molecular weight is 655 g/mol. The lowest BCUT2D eigenvalue weighted by Crippen LogP contribution is -2.37. The van der Waals surface area contributed by atoms with Crippen LogP contribution in [0.15, 0.2) is 143 Å². The molecule has 1 unspecified atom stereocenters. The van der Waals surface area contributed by atoms with Crippen molar-refractivity contribution in [2.75, 3.05) is 3.71 Å². The van der Waals surface area contributed by atoms with Crippen molar-refractivity contribution in [2.24, 2.45) is 5.41 Å². The van der Waals surface area contributed by atoms with Crippen LogP contribution in [0.1, 0.15) is 26.3 Å². The highest BCUT2D eigenvalue weighted by molar-refractivity contribution is 8.10. The zero-order chi connectivity index (χ0) is 33.0. The van der Waals surface area contributed by atoms with Gasteiger partial charge in [0.05, 0.1) is 9.79 Å². The number of sulfonamides is 2. The van der Waals surface area contributed by atoms with Crippen molar-refractivity contribution in [2.45, 2.75) is 36.7 Å². The maximum atomic E-state index is 14.2. The first kappa shape index (κ1) is 32.8. The summed E-state index contributed by atoms with van der Waals surface area (Å²) in [7, 11) is -9.34. The van der Waals surface area contributed by atoms with Crippen molar-refractivity contribution in [1.82, 2.24) is 4.98 Å². The van der Waals surface area contributed by atoms with Gasteiger partial charge in [-0.3, -0.25) is 5.26 Å². The molecule has 5 aromatic rings. The van der Waals surface area contributed by atoms with Gasteiger partial charge < -0.3 is 0 Å². The van der Waals surface area contributed by atoms with E-state index >= 15 is 0 Å². The van der Waals surface area contributed by atoms with Gasteiger partial charge in [-0.25, -0.2) is 9.87 Å². The summed E-state index contributed by atoms with van der Waals surface area (Å²) in [5.41, 5.74) is 3.48. The molecule has 0 aliphatic carbocycles. The monoisotopic (exact) mass is 654 g/mol. The number of aromatic nitrogens is 1. The lowest BCUT2D eigenvalue weighted by molar-refractivity contribution is -0.285. The summed E-state index contributed by atoms with van der Waals surface area (Å²) in [6, 6.07) is 33.8. The van der Waals surface area contributed by atoms with E-state index in [0.29, 0.717) is 9.27 Å². The fourth-order valence-corrected chi connectivity index (χ4v) is 8.35. The number of anilines is 1. The molecule has 0 saturated heterocycles. The van der Waals surface area contributed by atoms with Gasteiger partial charge in [0.1, 0.15) is 6.10 Å². The molecule has 0 aliphatic heterocycles. The fraction of sp³-hybridized carbons (Fsp3) is 0.139. The largest absolute Gasteiger partial charge is 0.279 e. The van der Waals surface area contributed by atoms with Crippen LogP contribution in [0, 0.1) is 5.41 Å². The Labute approximate surface area is 270 Å². The predicted molar refractivity (Wildman–Crippen MR) is 181 cm³/mol. The van der Waals surface area contributed by atoms with Crippen molar-refractivity contribution in [3.63, 3.8) is 0 Å². The topological polar surface area (TPSA) is 114 Å². The summed E-state index contributed by atoms with van der Waals surface area (Å²) in [6.07, 6.45) is 4.03. The fourth-order valence-electron chi connectivity index (χ4n) is 4.75. The zero-order valence-corrected chi connectivity index (χ0v) is 27.2. The van der Waals surface area contributed by atoms with Crippen LogP contribution in [0.5, 0.6) is 0 Å². The van der Waals surface area contributed by atoms with Gasteiger partial charge in [-0.15, -0.1) is 3.71 Å². The molecule has 0 fully saturated rings. The molecular weight excluding hydrogens is 621 g/mol. The number of benzene rings is 4. The molecule has 0 spiro atoms. The number of hydrogen-bond donors (Lipinski definition) is 1. The molecule has 8 nitrogen and oxygen atoms in total. The lowest BCUT2D eigenvalue weighted by atomic mass is 9.89. The van der Waals surface area contributed by atoms with Crippen molar-refractivity contribution < 1.29 is 27.0 Å². The maximum absolute atomic E-state index is 14.2. The van der Waals surface area contributed by atoms with Crippen LogP contribution in [0.4, 0.5) is 5.82 Å². The quantitative estimate of drug-likeness (QED) is 0.120. The second kappa shape index (κ2) is 13.4. The first-order chi connectivity index (χ1) is 21.9. The molecule has 1 N–H and O–H groups in total. The first-order valence-electron chi connectivity index (χ1n) is 14.5. The highest BCUT2D eigenvalue weighted by Gasteiger charge is 2.38. The molecule has 0 radical (unpaired) electrons. The van der Waals surface area contributed by atoms with Crippen molar-refractivity contribution in [3.8, 4) is 22.3 Å². The van der Waals surface area contributed by atoms with Crippen LogP contribution in [0.3, 0.4) is 0 Å². The van der Waals surface area contributed by atoms with Gasteiger partial charge in [0.25, 0.3) is 20.0 Å². The zero-order valence-electron chi connectivity index (χ0n) is 25.6. The highest BCUT2D eigenvalue weighted by Crippen LogP contribution is 2.32. The summed E-state index contributed by atoms with van der Waals surface area (Å²) < 4.78 is 57.1. The van der Waals surface area contributed by atoms with Gasteiger partial charge in [0.2, 0.25) is 0 Å². The molecule has 1 atom stereocenters. The van der Waals surface area contributed by atoms with Gasteiger partial charge in [-0.05, 0) is 69.6 Å². The Kier molecular flexibility index (Phi) is 9.55. The number of hydrogen-bond acceptors (Lipinski definition) is 7. The van der Waals surface area contributed by atoms with E-state index in [4.69, 9.17) is 0 Å². The summed E-state index contributed by atoms with van der Waals surface area (Å²) in [5, 5.41) is 9.31. The van der Waals surface area contributed by atoms with Gasteiger partial charge >= 0.3 is 0 Å². The Balaban J connectivity index is 1.56. The SMILES string of the molecule is CC(C)(C)C(/C=C/c1ccc(N(S(=O)(=O)c2ccc(-c3ccccc3)cc2)S(=O)(=O)c2ccc(-c3ccccc3)cc2)nc1)OO. The molecule has 1 heterocycles. The third-order valence-electron chi connectivity index (χ3n) is 7.34. The van der Waals surface area contributed by atoms with Crippen LogP contribution >= 0.6 is 0 Å².